The zero-order valence-electron chi connectivity index (χ0n) is 18.9. The number of fused-ring (bicyclic) bond motifs is 1. The van der Waals surface area contributed by atoms with Crippen LogP contribution in [-0.2, 0) is 11.2 Å². The van der Waals surface area contributed by atoms with Crippen molar-refractivity contribution in [2.45, 2.75) is 32.4 Å². The fraction of sp³-hybridized carbons (Fsp3) is 0.259. The second kappa shape index (κ2) is 9.77. The molecule has 1 aliphatic rings. The highest BCUT2D eigenvalue weighted by Gasteiger charge is 2.34. The summed E-state index contributed by atoms with van der Waals surface area (Å²) in [5, 5.41) is 2.75. The Kier molecular flexibility index (Phi) is 6.63. The molecule has 0 saturated carbocycles. The molecule has 6 nitrogen and oxygen atoms in total. The van der Waals surface area contributed by atoms with Crippen LogP contribution in [0.5, 0.6) is 5.75 Å². The second-order valence-corrected chi connectivity index (χ2v) is 8.20. The molecule has 0 radical (unpaired) electrons. The van der Waals surface area contributed by atoms with E-state index in [-0.39, 0.29) is 17.9 Å². The van der Waals surface area contributed by atoms with E-state index in [1.807, 2.05) is 48.2 Å². The molecule has 1 N–H and O–H groups in total. The van der Waals surface area contributed by atoms with Gasteiger partial charge in [-0.25, -0.2) is 0 Å². The van der Waals surface area contributed by atoms with Crippen LogP contribution in [0, 0.1) is 6.92 Å². The molecule has 2 aromatic carbocycles. The van der Waals surface area contributed by atoms with Crippen molar-refractivity contribution in [2.75, 3.05) is 13.1 Å². The Balaban J connectivity index is 1.70. The molecule has 0 spiro atoms. The Morgan fingerprint density at radius 3 is 2.82 bits per heavy atom. The highest BCUT2D eigenvalue weighted by Crippen LogP contribution is 2.38. The SMILES string of the molecule is C=CCNC(=O)[C@@H](C)Oc1ccc2c(c1)[C@H](c1cccc(C)c1)N(C(=O)c1ccco1)CC2. The van der Waals surface area contributed by atoms with Crippen molar-refractivity contribution in [3.05, 3.63) is 102 Å². The molecule has 0 saturated heterocycles. The molecule has 6 heteroatoms. The van der Waals surface area contributed by atoms with Crippen molar-refractivity contribution in [1.29, 1.82) is 0 Å². The Bertz CT molecular complexity index is 1150. The summed E-state index contributed by atoms with van der Waals surface area (Å²) in [6.45, 7) is 8.32. The number of furan rings is 1. The summed E-state index contributed by atoms with van der Waals surface area (Å²) < 4.78 is 11.4. The number of carbonyl (C=O) groups is 2. The Morgan fingerprint density at radius 2 is 2.09 bits per heavy atom. The van der Waals surface area contributed by atoms with Crippen LogP contribution in [0.15, 0.2) is 77.9 Å². The van der Waals surface area contributed by atoms with E-state index < -0.39 is 6.10 Å². The van der Waals surface area contributed by atoms with Gasteiger partial charge in [0.15, 0.2) is 11.9 Å². The third kappa shape index (κ3) is 4.85. The first-order valence-electron chi connectivity index (χ1n) is 11.1. The van der Waals surface area contributed by atoms with Crippen LogP contribution in [0.25, 0.3) is 0 Å². The highest BCUT2D eigenvalue weighted by molar-refractivity contribution is 5.92. The number of aryl methyl sites for hydroxylation is 1. The van der Waals surface area contributed by atoms with Crippen LogP contribution in [0.3, 0.4) is 0 Å². The van der Waals surface area contributed by atoms with E-state index in [1.165, 1.54) is 6.26 Å². The van der Waals surface area contributed by atoms with Gasteiger partial charge in [-0.1, -0.05) is 42.0 Å². The summed E-state index contributed by atoms with van der Waals surface area (Å²) in [5.41, 5.74) is 4.28. The van der Waals surface area contributed by atoms with Crippen LogP contribution in [0.1, 0.15) is 45.8 Å². The van der Waals surface area contributed by atoms with Gasteiger partial charge in [0.25, 0.3) is 11.8 Å². The van der Waals surface area contributed by atoms with E-state index in [0.717, 1.165) is 28.7 Å². The van der Waals surface area contributed by atoms with Gasteiger partial charge < -0.3 is 19.4 Å². The maximum atomic E-state index is 13.3. The topological polar surface area (TPSA) is 71.8 Å². The zero-order chi connectivity index (χ0) is 23.4. The third-order valence-electron chi connectivity index (χ3n) is 5.80. The predicted octanol–water partition coefficient (Wildman–Crippen LogP) is 4.45. The van der Waals surface area contributed by atoms with E-state index in [9.17, 15) is 9.59 Å². The van der Waals surface area contributed by atoms with Crippen LogP contribution in [0.2, 0.25) is 0 Å². The molecule has 4 rings (SSSR count). The highest BCUT2D eigenvalue weighted by atomic mass is 16.5. The molecule has 1 aliphatic heterocycles. The molecule has 0 aliphatic carbocycles. The van der Waals surface area contributed by atoms with E-state index in [1.54, 1.807) is 25.1 Å². The van der Waals surface area contributed by atoms with E-state index in [4.69, 9.17) is 9.15 Å². The number of benzene rings is 2. The van der Waals surface area contributed by atoms with E-state index in [0.29, 0.717) is 24.6 Å². The lowest BCUT2D eigenvalue weighted by Gasteiger charge is -2.37. The van der Waals surface area contributed by atoms with Gasteiger partial charge in [0.1, 0.15) is 5.75 Å². The number of hydrogen-bond acceptors (Lipinski definition) is 4. The van der Waals surface area contributed by atoms with Crippen molar-refractivity contribution in [3.8, 4) is 5.75 Å². The minimum Gasteiger partial charge on any atom is -0.481 e. The molecule has 33 heavy (non-hydrogen) atoms. The number of hydrogen-bond donors (Lipinski definition) is 1. The summed E-state index contributed by atoms with van der Waals surface area (Å²) in [6.07, 6.45) is 3.20. The zero-order valence-corrected chi connectivity index (χ0v) is 18.9. The standard InChI is InChI=1S/C27H28N2O4/c1-4-13-28-26(30)19(3)33-22-11-10-20-12-14-29(27(31)24-9-6-15-32-24)25(23(20)17-22)21-8-5-7-18(2)16-21/h4-11,15-17,19,25H,1,12-14H2,2-3H3,(H,28,30)/t19-,25+/m1/s1. The molecule has 3 aromatic rings. The average molecular weight is 445 g/mol. The molecule has 2 amide bonds. The second-order valence-electron chi connectivity index (χ2n) is 8.20. The lowest BCUT2D eigenvalue weighted by atomic mass is 9.87. The molecule has 170 valence electrons. The first-order chi connectivity index (χ1) is 16.0. The lowest BCUT2D eigenvalue weighted by Crippen LogP contribution is -2.40. The molecular formula is C27H28N2O4. The number of nitrogens with one attached hydrogen (secondary N) is 1. The van der Waals surface area contributed by atoms with E-state index >= 15 is 0 Å². The maximum absolute atomic E-state index is 13.3. The molecule has 1 aromatic heterocycles. The monoisotopic (exact) mass is 444 g/mol. The molecule has 0 bridgehead atoms. The summed E-state index contributed by atoms with van der Waals surface area (Å²) in [4.78, 5) is 27.4. The van der Waals surface area contributed by atoms with Crippen molar-refractivity contribution < 1.29 is 18.7 Å². The number of amides is 2. The normalized spacial score (nSPS) is 15.9. The fourth-order valence-corrected chi connectivity index (χ4v) is 4.20. The number of nitrogens with zero attached hydrogens (tertiary/aromatic N) is 1. The van der Waals surface area contributed by atoms with E-state index in [2.05, 4.69) is 18.0 Å². The van der Waals surface area contributed by atoms with Crippen molar-refractivity contribution in [1.82, 2.24) is 10.2 Å². The third-order valence-corrected chi connectivity index (χ3v) is 5.80. The molecule has 2 atom stereocenters. The number of ether oxygens (including phenoxy) is 1. The molecule has 0 unspecified atom stereocenters. The van der Waals surface area contributed by atoms with Crippen molar-refractivity contribution in [3.63, 3.8) is 0 Å². The Hall–Kier alpha value is -3.80. The van der Waals surface area contributed by atoms with Crippen LogP contribution < -0.4 is 10.1 Å². The first kappa shape index (κ1) is 22.4. The summed E-state index contributed by atoms with van der Waals surface area (Å²) in [5.74, 6) is 0.536. The van der Waals surface area contributed by atoms with Gasteiger partial charge in [-0.05, 0) is 61.2 Å². The fourth-order valence-electron chi connectivity index (χ4n) is 4.20. The lowest BCUT2D eigenvalue weighted by molar-refractivity contribution is -0.127. The van der Waals surface area contributed by atoms with Gasteiger partial charge >= 0.3 is 0 Å². The molecule has 0 fully saturated rings. The quantitative estimate of drug-likeness (QED) is 0.547. The van der Waals surface area contributed by atoms with Gasteiger partial charge in [-0.2, -0.15) is 0 Å². The molecule has 2 heterocycles. The van der Waals surface area contributed by atoms with Gasteiger partial charge in [0, 0.05) is 13.1 Å². The van der Waals surface area contributed by atoms with Gasteiger partial charge in [-0.15, -0.1) is 6.58 Å². The average Bonchev–Trinajstić information content (AvgIpc) is 3.36. The van der Waals surface area contributed by atoms with Gasteiger partial charge in [0.05, 0.1) is 12.3 Å². The smallest absolute Gasteiger partial charge is 0.290 e. The first-order valence-corrected chi connectivity index (χ1v) is 11.1. The Labute approximate surface area is 193 Å². The predicted molar refractivity (Wildman–Crippen MR) is 126 cm³/mol. The van der Waals surface area contributed by atoms with Gasteiger partial charge in [-0.3, -0.25) is 9.59 Å². The summed E-state index contributed by atoms with van der Waals surface area (Å²) in [7, 11) is 0. The van der Waals surface area contributed by atoms with Crippen LogP contribution in [-0.4, -0.2) is 35.9 Å². The summed E-state index contributed by atoms with van der Waals surface area (Å²) in [6, 6.07) is 17.1. The largest absolute Gasteiger partial charge is 0.481 e. The minimum absolute atomic E-state index is 0.152. The minimum atomic E-state index is -0.662. The molecular weight excluding hydrogens is 416 g/mol. The van der Waals surface area contributed by atoms with Crippen LogP contribution >= 0.6 is 0 Å². The van der Waals surface area contributed by atoms with Crippen molar-refractivity contribution in [2.24, 2.45) is 0 Å². The maximum Gasteiger partial charge on any atom is 0.290 e. The Morgan fingerprint density at radius 1 is 1.24 bits per heavy atom. The van der Waals surface area contributed by atoms with Crippen LogP contribution in [0.4, 0.5) is 0 Å². The number of carbonyl (C=O) groups excluding carboxylic acids is 2. The van der Waals surface area contributed by atoms with Gasteiger partial charge in [0.2, 0.25) is 0 Å². The number of rotatable bonds is 7. The summed E-state index contributed by atoms with van der Waals surface area (Å²) >= 11 is 0. The van der Waals surface area contributed by atoms with Crippen molar-refractivity contribution >= 4 is 11.8 Å².